The van der Waals surface area contributed by atoms with E-state index in [1.165, 1.54) is 28.8 Å². The van der Waals surface area contributed by atoms with Gasteiger partial charge in [-0.1, -0.05) is 42.8 Å². The monoisotopic (exact) mass is 437 g/mol. The summed E-state index contributed by atoms with van der Waals surface area (Å²) in [5, 5.41) is 11.3. The number of aliphatic hydroxyl groups is 1. The molecule has 1 aromatic carbocycles. The third-order valence-electron chi connectivity index (χ3n) is 5.92. The molecule has 0 bridgehead atoms. The van der Waals surface area contributed by atoms with Crippen LogP contribution in [-0.2, 0) is 25.9 Å². The van der Waals surface area contributed by atoms with Crippen molar-refractivity contribution in [1.29, 1.82) is 0 Å². The molecule has 31 heavy (non-hydrogen) atoms. The fourth-order valence-electron chi connectivity index (χ4n) is 4.40. The lowest BCUT2D eigenvalue weighted by Crippen LogP contribution is -2.33. The van der Waals surface area contributed by atoms with Crippen LogP contribution in [0.2, 0.25) is 0 Å². The van der Waals surface area contributed by atoms with Crippen LogP contribution < -0.4 is 5.56 Å². The van der Waals surface area contributed by atoms with Crippen LogP contribution in [-0.4, -0.2) is 32.6 Å². The molecule has 0 aliphatic heterocycles. The number of hydrogen-bond acceptors (Lipinski definition) is 5. The van der Waals surface area contributed by atoms with E-state index in [0.717, 1.165) is 35.9 Å². The minimum absolute atomic E-state index is 0.0220. The highest BCUT2D eigenvalue weighted by Crippen LogP contribution is 2.32. The minimum Gasteiger partial charge on any atom is -0.392 e. The van der Waals surface area contributed by atoms with Crippen LogP contribution in [0.1, 0.15) is 53.9 Å². The zero-order valence-corrected chi connectivity index (χ0v) is 18.8. The largest absolute Gasteiger partial charge is 0.392 e. The Morgan fingerprint density at radius 1 is 1.19 bits per heavy atom. The van der Waals surface area contributed by atoms with Gasteiger partial charge >= 0.3 is 0 Å². The van der Waals surface area contributed by atoms with Crippen molar-refractivity contribution in [3.05, 3.63) is 75.2 Å². The molecule has 1 atom stereocenters. The highest BCUT2D eigenvalue weighted by Gasteiger charge is 2.20. The van der Waals surface area contributed by atoms with Gasteiger partial charge in [0.25, 0.3) is 5.56 Å². The SMILES string of the molecule is C=CCCC(O)CN(Cc1ccccc1)Cc1nc2sc3c(c2c(=O)[nH]1)CCCCC3. The summed E-state index contributed by atoms with van der Waals surface area (Å²) in [4.78, 5) is 25.2. The van der Waals surface area contributed by atoms with E-state index < -0.39 is 6.10 Å². The van der Waals surface area contributed by atoms with E-state index in [4.69, 9.17) is 4.98 Å². The summed E-state index contributed by atoms with van der Waals surface area (Å²) in [5.74, 6) is 0.667. The van der Waals surface area contributed by atoms with Gasteiger partial charge in [-0.05, 0) is 49.7 Å². The second kappa shape index (κ2) is 10.4. The molecule has 6 heteroatoms. The highest BCUT2D eigenvalue weighted by atomic mass is 32.1. The van der Waals surface area contributed by atoms with Crippen LogP contribution in [0.25, 0.3) is 10.2 Å². The Labute approximate surface area is 187 Å². The quantitative estimate of drug-likeness (QED) is 0.380. The highest BCUT2D eigenvalue weighted by molar-refractivity contribution is 7.18. The van der Waals surface area contributed by atoms with Gasteiger partial charge in [0.1, 0.15) is 10.7 Å². The molecule has 0 saturated carbocycles. The number of benzene rings is 1. The average molecular weight is 438 g/mol. The standard InChI is InChI=1S/C25H31N3O2S/c1-2-3-12-19(29)16-28(15-18-10-6-4-7-11-18)17-22-26-24(30)23-20-13-8-5-9-14-21(20)31-25(23)27-22/h2,4,6-7,10-11,19,29H,1,3,5,8-9,12-17H2,(H,26,27,30). The van der Waals surface area contributed by atoms with E-state index in [1.807, 2.05) is 24.3 Å². The normalized spacial score (nSPS) is 15.0. The molecule has 0 fully saturated rings. The minimum atomic E-state index is -0.449. The van der Waals surface area contributed by atoms with E-state index in [0.29, 0.717) is 31.9 Å². The van der Waals surface area contributed by atoms with Gasteiger partial charge < -0.3 is 10.1 Å². The maximum atomic E-state index is 13.0. The van der Waals surface area contributed by atoms with Crippen molar-refractivity contribution < 1.29 is 5.11 Å². The summed E-state index contributed by atoms with van der Waals surface area (Å²) in [5.41, 5.74) is 2.37. The molecule has 164 valence electrons. The smallest absolute Gasteiger partial charge is 0.259 e. The number of aromatic nitrogens is 2. The van der Waals surface area contributed by atoms with Gasteiger partial charge in [-0.3, -0.25) is 9.69 Å². The van der Waals surface area contributed by atoms with Gasteiger partial charge in [0.15, 0.2) is 0 Å². The van der Waals surface area contributed by atoms with Crippen LogP contribution in [0.3, 0.4) is 0 Å². The van der Waals surface area contributed by atoms with E-state index in [-0.39, 0.29) is 5.56 Å². The Bertz CT molecular complexity index is 1070. The number of thiophene rings is 1. The van der Waals surface area contributed by atoms with Crippen LogP contribution in [0.15, 0.2) is 47.8 Å². The predicted molar refractivity (Wildman–Crippen MR) is 127 cm³/mol. The van der Waals surface area contributed by atoms with E-state index in [9.17, 15) is 9.90 Å². The summed E-state index contributed by atoms with van der Waals surface area (Å²) in [7, 11) is 0. The number of H-pyrrole nitrogens is 1. The summed E-state index contributed by atoms with van der Waals surface area (Å²) >= 11 is 1.69. The average Bonchev–Trinajstić information content (AvgIpc) is 2.94. The van der Waals surface area contributed by atoms with Crippen LogP contribution >= 0.6 is 11.3 Å². The Kier molecular flexibility index (Phi) is 7.33. The Morgan fingerprint density at radius 2 is 2.00 bits per heavy atom. The summed E-state index contributed by atoms with van der Waals surface area (Å²) in [6, 6.07) is 10.2. The molecule has 2 heterocycles. The third kappa shape index (κ3) is 5.50. The maximum absolute atomic E-state index is 13.0. The fraction of sp³-hybridized carbons (Fsp3) is 0.440. The number of aryl methyl sites for hydroxylation is 2. The van der Waals surface area contributed by atoms with E-state index in [2.05, 4.69) is 28.6 Å². The first-order valence-corrected chi connectivity index (χ1v) is 12.0. The topological polar surface area (TPSA) is 69.2 Å². The lowest BCUT2D eigenvalue weighted by Gasteiger charge is -2.24. The fourth-order valence-corrected chi connectivity index (χ4v) is 5.68. The van der Waals surface area contributed by atoms with Crippen molar-refractivity contribution in [2.45, 2.75) is 64.1 Å². The van der Waals surface area contributed by atoms with Crippen molar-refractivity contribution in [2.75, 3.05) is 6.54 Å². The van der Waals surface area contributed by atoms with E-state index in [1.54, 1.807) is 11.3 Å². The Balaban J connectivity index is 1.59. The first kappa shape index (κ1) is 21.9. The van der Waals surface area contributed by atoms with E-state index >= 15 is 0 Å². The molecular weight excluding hydrogens is 406 g/mol. The Hall–Kier alpha value is -2.28. The van der Waals surface area contributed by atoms with Gasteiger partial charge in [0.2, 0.25) is 0 Å². The molecule has 0 amide bonds. The summed E-state index contributed by atoms with van der Waals surface area (Å²) in [6.45, 7) is 5.45. The number of aromatic amines is 1. The molecule has 3 aromatic rings. The first-order valence-electron chi connectivity index (χ1n) is 11.2. The summed E-state index contributed by atoms with van der Waals surface area (Å²) < 4.78 is 0. The number of allylic oxidation sites excluding steroid dienone is 1. The molecule has 0 radical (unpaired) electrons. The van der Waals surface area contributed by atoms with Crippen molar-refractivity contribution in [3.63, 3.8) is 0 Å². The number of fused-ring (bicyclic) bond motifs is 3. The number of aliphatic hydroxyl groups excluding tert-OH is 1. The summed E-state index contributed by atoms with van der Waals surface area (Å²) in [6.07, 6.45) is 8.45. The first-order chi connectivity index (χ1) is 15.1. The number of hydrogen-bond donors (Lipinski definition) is 2. The van der Waals surface area contributed by atoms with Crippen LogP contribution in [0.5, 0.6) is 0 Å². The molecule has 4 rings (SSSR count). The van der Waals surface area contributed by atoms with Crippen molar-refractivity contribution >= 4 is 21.6 Å². The van der Waals surface area contributed by atoms with Crippen LogP contribution in [0, 0.1) is 0 Å². The van der Waals surface area contributed by atoms with Gasteiger partial charge in [-0.15, -0.1) is 17.9 Å². The van der Waals surface area contributed by atoms with Gasteiger partial charge in [-0.25, -0.2) is 4.98 Å². The molecule has 1 unspecified atom stereocenters. The number of nitrogens with zero attached hydrogens (tertiary/aromatic N) is 2. The third-order valence-corrected chi connectivity index (χ3v) is 7.11. The molecule has 0 saturated heterocycles. The van der Waals surface area contributed by atoms with Crippen LogP contribution in [0.4, 0.5) is 0 Å². The zero-order valence-electron chi connectivity index (χ0n) is 18.0. The number of nitrogens with one attached hydrogen (secondary N) is 1. The Morgan fingerprint density at radius 3 is 2.81 bits per heavy atom. The molecule has 5 nitrogen and oxygen atoms in total. The van der Waals surface area contributed by atoms with Crippen molar-refractivity contribution in [3.8, 4) is 0 Å². The lowest BCUT2D eigenvalue weighted by atomic mass is 10.1. The molecule has 0 spiro atoms. The lowest BCUT2D eigenvalue weighted by molar-refractivity contribution is 0.0970. The molecule has 2 aromatic heterocycles. The molecular formula is C25H31N3O2S. The van der Waals surface area contributed by atoms with Gasteiger partial charge in [0, 0.05) is 18.0 Å². The van der Waals surface area contributed by atoms with Gasteiger partial charge in [-0.2, -0.15) is 0 Å². The molecule has 2 N–H and O–H groups in total. The zero-order chi connectivity index (χ0) is 21.6. The van der Waals surface area contributed by atoms with Crippen molar-refractivity contribution in [1.82, 2.24) is 14.9 Å². The van der Waals surface area contributed by atoms with Crippen molar-refractivity contribution in [2.24, 2.45) is 0 Å². The van der Waals surface area contributed by atoms with Gasteiger partial charge in [0.05, 0.1) is 18.0 Å². The number of rotatable bonds is 9. The maximum Gasteiger partial charge on any atom is 0.259 e. The molecule has 1 aliphatic carbocycles. The second-order valence-electron chi connectivity index (χ2n) is 8.43. The molecule has 1 aliphatic rings. The predicted octanol–water partition coefficient (Wildman–Crippen LogP) is 4.58. The second-order valence-corrected chi connectivity index (χ2v) is 9.52.